The summed E-state index contributed by atoms with van der Waals surface area (Å²) in [5.41, 5.74) is 2.62. The molecule has 1 N–H and O–H groups in total. The van der Waals surface area contributed by atoms with Crippen LogP contribution in [0.3, 0.4) is 0 Å². The van der Waals surface area contributed by atoms with Crippen LogP contribution in [0.25, 0.3) is 0 Å². The molecule has 2 aromatic carbocycles. The van der Waals surface area contributed by atoms with Gasteiger partial charge in [-0.3, -0.25) is 0 Å². The SMILES string of the molecule is CNC(c1ccc(OC)cc1C)c1ccc(Cl)cc1F. The summed E-state index contributed by atoms with van der Waals surface area (Å²) in [7, 11) is 3.44. The molecular formula is C16H17ClFNO. The van der Waals surface area contributed by atoms with Gasteiger partial charge in [0.1, 0.15) is 11.6 Å². The molecule has 0 aliphatic heterocycles. The van der Waals surface area contributed by atoms with Crippen molar-refractivity contribution in [1.29, 1.82) is 0 Å². The number of hydrogen-bond acceptors (Lipinski definition) is 2. The molecule has 0 fully saturated rings. The normalized spacial score (nSPS) is 12.2. The number of rotatable bonds is 4. The van der Waals surface area contributed by atoms with Crippen molar-refractivity contribution in [3.05, 3.63) is 63.9 Å². The van der Waals surface area contributed by atoms with Crippen molar-refractivity contribution in [2.45, 2.75) is 13.0 Å². The maximum atomic E-state index is 14.1. The second-order valence-corrected chi connectivity index (χ2v) is 5.05. The topological polar surface area (TPSA) is 21.3 Å². The first-order chi connectivity index (χ1) is 9.56. The van der Waals surface area contributed by atoms with E-state index in [1.165, 1.54) is 6.07 Å². The van der Waals surface area contributed by atoms with Gasteiger partial charge < -0.3 is 10.1 Å². The Bertz CT molecular complexity index is 615. The zero-order chi connectivity index (χ0) is 14.7. The fraction of sp³-hybridized carbons (Fsp3) is 0.250. The Balaban J connectivity index is 2.47. The van der Waals surface area contributed by atoms with E-state index in [9.17, 15) is 4.39 Å². The van der Waals surface area contributed by atoms with Crippen LogP contribution in [0.15, 0.2) is 36.4 Å². The first-order valence-electron chi connectivity index (χ1n) is 6.33. The molecule has 0 heterocycles. The highest BCUT2D eigenvalue weighted by Crippen LogP contribution is 2.29. The minimum absolute atomic E-state index is 0.224. The molecule has 0 spiro atoms. The molecule has 0 aliphatic rings. The molecule has 0 aromatic heterocycles. The van der Waals surface area contributed by atoms with Gasteiger partial charge in [0.25, 0.3) is 0 Å². The molecule has 2 nitrogen and oxygen atoms in total. The molecule has 0 saturated carbocycles. The lowest BCUT2D eigenvalue weighted by Gasteiger charge is -2.20. The lowest BCUT2D eigenvalue weighted by Crippen LogP contribution is -2.20. The fourth-order valence-corrected chi connectivity index (χ4v) is 2.47. The van der Waals surface area contributed by atoms with Gasteiger partial charge in [-0.1, -0.05) is 23.7 Å². The van der Waals surface area contributed by atoms with Crippen molar-refractivity contribution in [3.8, 4) is 5.75 Å². The molecule has 0 amide bonds. The average molecular weight is 294 g/mol. The van der Waals surface area contributed by atoms with Crippen molar-refractivity contribution in [2.24, 2.45) is 0 Å². The van der Waals surface area contributed by atoms with E-state index in [2.05, 4.69) is 5.32 Å². The smallest absolute Gasteiger partial charge is 0.129 e. The summed E-state index contributed by atoms with van der Waals surface area (Å²) in [5, 5.41) is 3.55. The molecule has 0 aliphatic carbocycles. The summed E-state index contributed by atoms with van der Waals surface area (Å²) in [5.74, 6) is 0.477. The van der Waals surface area contributed by atoms with Crippen LogP contribution >= 0.6 is 11.6 Å². The lowest BCUT2D eigenvalue weighted by molar-refractivity contribution is 0.414. The number of methoxy groups -OCH3 is 1. The Morgan fingerprint density at radius 1 is 1.15 bits per heavy atom. The van der Waals surface area contributed by atoms with E-state index in [0.717, 1.165) is 16.9 Å². The van der Waals surface area contributed by atoms with Gasteiger partial charge in [0.2, 0.25) is 0 Å². The van der Waals surface area contributed by atoms with Crippen molar-refractivity contribution < 1.29 is 9.13 Å². The fourth-order valence-electron chi connectivity index (χ4n) is 2.31. The third-order valence-corrected chi connectivity index (χ3v) is 3.59. The molecular weight excluding hydrogens is 277 g/mol. The van der Waals surface area contributed by atoms with Crippen molar-refractivity contribution in [3.63, 3.8) is 0 Å². The van der Waals surface area contributed by atoms with Crippen molar-refractivity contribution in [1.82, 2.24) is 5.32 Å². The van der Waals surface area contributed by atoms with Crippen LogP contribution in [0.1, 0.15) is 22.7 Å². The predicted molar refractivity (Wildman–Crippen MR) is 80.0 cm³/mol. The molecule has 2 aromatic rings. The summed E-state index contributed by atoms with van der Waals surface area (Å²) >= 11 is 5.80. The first-order valence-corrected chi connectivity index (χ1v) is 6.71. The van der Waals surface area contributed by atoms with E-state index in [4.69, 9.17) is 16.3 Å². The van der Waals surface area contributed by atoms with E-state index < -0.39 is 0 Å². The van der Waals surface area contributed by atoms with Gasteiger partial charge in [-0.2, -0.15) is 0 Å². The maximum Gasteiger partial charge on any atom is 0.129 e. The highest BCUT2D eigenvalue weighted by Gasteiger charge is 2.18. The van der Waals surface area contributed by atoms with Gasteiger partial charge in [0.05, 0.1) is 13.2 Å². The van der Waals surface area contributed by atoms with Gasteiger partial charge in [-0.05, 0) is 49.4 Å². The zero-order valence-electron chi connectivity index (χ0n) is 11.7. The Hall–Kier alpha value is -1.58. The third-order valence-electron chi connectivity index (χ3n) is 3.35. The molecule has 0 radical (unpaired) electrons. The maximum absolute atomic E-state index is 14.1. The highest BCUT2D eigenvalue weighted by atomic mass is 35.5. The van der Waals surface area contributed by atoms with Crippen LogP contribution in [0.5, 0.6) is 5.75 Å². The number of aryl methyl sites for hydroxylation is 1. The number of benzene rings is 2. The zero-order valence-corrected chi connectivity index (χ0v) is 12.5. The predicted octanol–water partition coefficient (Wildman–Crippen LogP) is 4.10. The van der Waals surface area contributed by atoms with E-state index in [-0.39, 0.29) is 11.9 Å². The monoisotopic (exact) mass is 293 g/mol. The van der Waals surface area contributed by atoms with Gasteiger partial charge in [0, 0.05) is 10.6 Å². The number of ether oxygens (including phenoxy) is 1. The van der Waals surface area contributed by atoms with Gasteiger partial charge in [-0.25, -0.2) is 4.39 Å². The summed E-state index contributed by atoms with van der Waals surface area (Å²) in [4.78, 5) is 0. The van der Waals surface area contributed by atoms with Gasteiger partial charge in [-0.15, -0.1) is 0 Å². The molecule has 1 atom stereocenters. The Morgan fingerprint density at radius 2 is 1.85 bits per heavy atom. The third kappa shape index (κ3) is 2.94. The number of halogens is 2. The summed E-state index contributed by atoms with van der Waals surface area (Å²) in [6.07, 6.45) is 0. The Morgan fingerprint density at radius 3 is 2.40 bits per heavy atom. The molecule has 20 heavy (non-hydrogen) atoms. The minimum Gasteiger partial charge on any atom is -0.497 e. The van der Waals surface area contributed by atoms with Gasteiger partial charge >= 0.3 is 0 Å². The van der Waals surface area contributed by atoms with E-state index >= 15 is 0 Å². The van der Waals surface area contributed by atoms with Crippen LogP contribution in [0.2, 0.25) is 5.02 Å². The molecule has 1 unspecified atom stereocenters. The van der Waals surface area contributed by atoms with Crippen molar-refractivity contribution in [2.75, 3.05) is 14.2 Å². The Labute approximate surface area is 123 Å². The second kappa shape index (κ2) is 6.25. The van der Waals surface area contributed by atoms with E-state index in [1.807, 2.05) is 32.2 Å². The molecule has 0 saturated heterocycles. The largest absolute Gasteiger partial charge is 0.497 e. The quantitative estimate of drug-likeness (QED) is 0.916. The van der Waals surface area contributed by atoms with Crippen LogP contribution in [0, 0.1) is 12.7 Å². The van der Waals surface area contributed by atoms with Crippen molar-refractivity contribution >= 4 is 11.6 Å². The number of nitrogens with one attached hydrogen (secondary N) is 1. The standard InChI is InChI=1S/C16H17ClFNO/c1-10-8-12(20-3)5-7-13(10)16(19-2)14-6-4-11(17)9-15(14)18/h4-9,16,19H,1-3H3. The number of hydrogen-bond donors (Lipinski definition) is 1. The lowest BCUT2D eigenvalue weighted by atomic mass is 9.94. The molecule has 2 rings (SSSR count). The summed E-state index contributed by atoms with van der Waals surface area (Å²) < 4.78 is 19.3. The van der Waals surface area contributed by atoms with Crippen LogP contribution in [-0.4, -0.2) is 14.2 Å². The second-order valence-electron chi connectivity index (χ2n) is 4.61. The minimum atomic E-state index is -0.313. The average Bonchev–Trinajstić information content (AvgIpc) is 2.43. The molecule has 4 heteroatoms. The summed E-state index contributed by atoms with van der Waals surface area (Å²) in [6, 6.07) is 10.3. The highest BCUT2D eigenvalue weighted by molar-refractivity contribution is 6.30. The first kappa shape index (κ1) is 14.8. The van der Waals surface area contributed by atoms with Gasteiger partial charge in [0.15, 0.2) is 0 Å². The molecule has 106 valence electrons. The molecule has 0 bridgehead atoms. The van der Waals surface area contributed by atoms with E-state index in [0.29, 0.717) is 10.6 Å². The van der Waals surface area contributed by atoms with Crippen LogP contribution in [0.4, 0.5) is 4.39 Å². The van der Waals surface area contributed by atoms with Crippen LogP contribution in [-0.2, 0) is 0 Å². The Kier molecular flexibility index (Phi) is 4.63. The van der Waals surface area contributed by atoms with E-state index in [1.54, 1.807) is 19.2 Å². The van der Waals surface area contributed by atoms with Crippen LogP contribution < -0.4 is 10.1 Å². The summed E-state index contributed by atoms with van der Waals surface area (Å²) in [6.45, 7) is 1.98.